The molecular formula is C15H20N4OS. The SMILES string of the molecule is CCc1nccn1CC(=O)N1CCCC(c2nccs2)C1. The third-order valence-electron chi connectivity index (χ3n) is 4.00. The summed E-state index contributed by atoms with van der Waals surface area (Å²) in [4.78, 5) is 23.2. The topological polar surface area (TPSA) is 51.0 Å². The van der Waals surface area contributed by atoms with E-state index in [4.69, 9.17) is 0 Å². The number of aryl methyl sites for hydroxylation is 1. The maximum absolute atomic E-state index is 12.5. The van der Waals surface area contributed by atoms with Gasteiger partial charge in [0.1, 0.15) is 12.4 Å². The highest BCUT2D eigenvalue weighted by Crippen LogP contribution is 2.28. The number of carbonyl (C=O) groups is 1. The molecule has 2 aromatic rings. The fourth-order valence-corrected chi connectivity index (χ4v) is 3.65. The largest absolute Gasteiger partial charge is 0.340 e. The molecule has 0 bridgehead atoms. The van der Waals surface area contributed by atoms with Gasteiger partial charge in [0.15, 0.2) is 0 Å². The fourth-order valence-electron chi connectivity index (χ4n) is 2.89. The number of amides is 1. The van der Waals surface area contributed by atoms with Crippen molar-refractivity contribution in [2.75, 3.05) is 13.1 Å². The third-order valence-corrected chi connectivity index (χ3v) is 4.94. The zero-order chi connectivity index (χ0) is 14.7. The Morgan fingerprint density at radius 3 is 3.10 bits per heavy atom. The first-order valence-corrected chi connectivity index (χ1v) is 8.33. The maximum atomic E-state index is 12.5. The van der Waals surface area contributed by atoms with Crippen molar-refractivity contribution in [1.82, 2.24) is 19.4 Å². The van der Waals surface area contributed by atoms with E-state index in [0.29, 0.717) is 12.5 Å². The molecule has 1 aliphatic rings. The van der Waals surface area contributed by atoms with Crippen LogP contribution in [0.1, 0.15) is 36.5 Å². The second-order valence-corrected chi connectivity index (χ2v) is 6.30. The minimum absolute atomic E-state index is 0.184. The number of hydrogen-bond donors (Lipinski definition) is 0. The monoisotopic (exact) mass is 304 g/mol. The van der Waals surface area contributed by atoms with Crippen molar-refractivity contribution in [3.63, 3.8) is 0 Å². The van der Waals surface area contributed by atoms with E-state index in [1.807, 2.05) is 27.2 Å². The van der Waals surface area contributed by atoms with Gasteiger partial charge in [0, 0.05) is 49.4 Å². The molecule has 5 nitrogen and oxygen atoms in total. The quantitative estimate of drug-likeness (QED) is 0.871. The van der Waals surface area contributed by atoms with Crippen LogP contribution in [-0.4, -0.2) is 38.4 Å². The highest BCUT2D eigenvalue weighted by molar-refractivity contribution is 7.09. The first-order valence-electron chi connectivity index (χ1n) is 7.45. The van der Waals surface area contributed by atoms with Gasteiger partial charge in [-0.15, -0.1) is 11.3 Å². The summed E-state index contributed by atoms with van der Waals surface area (Å²) in [5, 5.41) is 3.17. The van der Waals surface area contributed by atoms with E-state index >= 15 is 0 Å². The molecule has 21 heavy (non-hydrogen) atoms. The Morgan fingerprint density at radius 1 is 1.43 bits per heavy atom. The van der Waals surface area contributed by atoms with Gasteiger partial charge in [-0.3, -0.25) is 4.79 Å². The summed E-state index contributed by atoms with van der Waals surface area (Å²) in [7, 11) is 0. The van der Waals surface area contributed by atoms with Crippen LogP contribution in [-0.2, 0) is 17.8 Å². The molecule has 1 aliphatic heterocycles. The second-order valence-electron chi connectivity index (χ2n) is 5.37. The number of likely N-dealkylation sites (tertiary alicyclic amines) is 1. The summed E-state index contributed by atoms with van der Waals surface area (Å²) < 4.78 is 1.95. The van der Waals surface area contributed by atoms with Gasteiger partial charge in [-0.25, -0.2) is 9.97 Å². The summed E-state index contributed by atoms with van der Waals surface area (Å²) in [5.41, 5.74) is 0. The van der Waals surface area contributed by atoms with E-state index < -0.39 is 0 Å². The highest BCUT2D eigenvalue weighted by atomic mass is 32.1. The van der Waals surface area contributed by atoms with Crippen LogP contribution >= 0.6 is 11.3 Å². The summed E-state index contributed by atoms with van der Waals surface area (Å²) >= 11 is 1.69. The first kappa shape index (κ1) is 14.3. The van der Waals surface area contributed by atoms with E-state index in [9.17, 15) is 4.79 Å². The number of imidazole rings is 1. The van der Waals surface area contributed by atoms with Gasteiger partial charge in [0.25, 0.3) is 0 Å². The van der Waals surface area contributed by atoms with Crippen molar-refractivity contribution in [2.45, 2.75) is 38.6 Å². The van der Waals surface area contributed by atoms with E-state index in [-0.39, 0.29) is 5.91 Å². The summed E-state index contributed by atoms with van der Waals surface area (Å²) in [6.45, 7) is 4.11. The predicted octanol–water partition coefficient (Wildman–Crippen LogP) is 2.31. The Morgan fingerprint density at radius 2 is 2.33 bits per heavy atom. The van der Waals surface area contributed by atoms with Crippen LogP contribution in [0.5, 0.6) is 0 Å². The van der Waals surface area contributed by atoms with Gasteiger partial charge < -0.3 is 9.47 Å². The van der Waals surface area contributed by atoms with E-state index in [1.54, 1.807) is 17.5 Å². The van der Waals surface area contributed by atoms with Crippen LogP contribution in [0.25, 0.3) is 0 Å². The molecule has 0 radical (unpaired) electrons. The zero-order valence-corrected chi connectivity index (χ0v) is 13.1. The van der Waals surface area contributed by atoms with Gasteiger partial charge in [-0.1, -0.05) is 6.92 Å². The number of hydrogen-bond acceptors (Lipinski definition) is 4. The summed E-state index contributed by atoms with van der Waals surface area (Å²) in [6, 6.07) is 0. The number of aromatic nitrogens is 3. The van der Waals surface area contributed by atoms with Gasteiger partial charge in [0.05, 0.1) is 5.01 Å². The maximum Gasteiger partial charge on any atom is 0.242 e. The molecule has 0 spiro atoms. The van der Waals surface area contributed by atoms with E-state index in [2.05, 4.69) is 16.9 Å². The number of thiazole rings is 1. The minimum atomic E-state index is 0.184. The van der Waals surface area contributed by atoms with Crippen LogP contribution in [0.2, 0.25) is 0 Å². The molecule has 3 heterocycles. The Kier molecular flexibility index (Phi) is 4.34. The normalized spacial score (nSPS) is 18.9. The Labute approximate surface area is 128 Å². The first-order chi connectivity index (χ1) is 10.3. The zero-order valence-electron chi connectivity index (χ0n) is 12.2. The molecule has 1 fully saturated rings. The van der Waals surface area contributed by atoms with Crippen LogP contribution in [0, 0.1) is 0 Å². The van der Waals surface area contributed by atoms with Gasteiger partial charge >= 0.3 is 0 Å². The molecule has 2 aromatic heterocycles. The molecule has 0 N–H and O–H groups in total. The second kappa shape index (κ2) is 6.39. The van der Waals surface area contributed by atoms with Crippen molar-refractivity contribution >= 4 is 17.2 Å². The Hall–Kier alpha value is -1.69. The molecular weight excluding hydrogens is 284 g/mol. The molecule has 3 rings (SSSR count). The van der Waals surface area contributed by atoms with Crippen molar-refractivity contribution in [2.24, 2.45) is 0 Å². The van der Waals surface area contributed by atoms with E-state index in [0.717, 1.165) is 43.2 Å². The average molecular weight is 304 g/mol. The molecule has 1 amide bonds. The van der Waals surface area contributed by atoms with Crippen LogP contribution < -0.4 is 0 Å². The summed E-state index contributed by atoms with van der Waals surface area (Å²) in [5.74, 6) is 1.55. The smallest absolute Gasteiger partial charge is 0.242 e. The lowest BCUT2D eigenvalue weighted by Crippen LogP contribution is -2.40. The number of carbonyl (C=O) groups excluding carboxylic acids is 1. The lowest BCUT2D eigenvalue weighted by molar-refractivity contribution is -0.133. The fraction of sp³-hybridized carbons (Fsp3) is 0.533. The third kappa shape index (κ3) is 3.15. The van der Waals surface area contributed by atoms with Crippen LogP contribution in [0.15, 0.2) is 24.0 Å². The molecule has 112 valence electrons. The van der Waals surface area contributed by atoms with Crippen molar-refractivity contribution in [1.29, 1.82) is 0 Å². The lowest BCUT2D eigenvalue weighted by atomic mass is 9.99. The van der Waals surface area contributed by atoms with Crippen molar-refractivity contribution < 1.29 is 4.79 Å². The molecule has 0 saturated carbocycles. The molecule has 0 aliphatic carbocycles. The number of nitrogens with zero attached hydrogens (tertiary/aromatic N) is 4. The molecule has 0 aromatic carbocycles. The molecule has 6 heteroatoms. The van der Waals surface area contributed by atoms with Crippen molar-refractivity contribution in [3.05, 3.63) is 34.8 Å². The standard InChI is InChI=1S/C15H20N4OS/c1-2-13-16-5-8-18(13)11-14(20)19-7-3-4-12(10-19)15-17-6-9-21-15/h5-6,8-9,12H,2-4,7,10-11H2,1H3. The van der Waals surface area contributed by atoms with Gasteiger partial charge in [-0.2, -0.15) is 0 Å². The molecule has 1 atom stereocenters. The highest BCUT2D eigenvalue weighted by Gasteiger charge is 2.26. The van der Waals surface area contributed by atoms with Gasteiger partial charge in [0.2, 0.25) is 5.91 Å². The Balaban J connectivity index is 1.64. The lowest BCUT2D eigenvalue weighted by Gasteiger charge is -2.32. The minimum Gasteiger partial charge on any atom is -0.340 e. The van der Waals surface area contributed by atoms with Crippen LogP contribution in [0.3, 0.4) is 0 Å². The predicted molar refractivity (Wildman–Crippen MR) is 82.3 cm³/mol. The van der Waals surface area contributed by atoms with Crippen molar-refractivity contribution in [3.8, 4) is 0 Å². The van der Waals surface area contributed by atoms with Crippen LogP contribution in [0.4, 0.5) is 0 Å². The van der Waals surface area contributed by atoms with Gasteiger partial charge in [-0.05, 0) is 12.8 Å². The molecule has 1 unspecified atom stereocenters. The summed E-state index contributed by atoms with van der Waals surface area (Å²) in [6.07, 6.45) is 8.53. The average Bonchev–Trinajstić information content (AvgIpc) is 3.18. The Bertz CT molecular complexity index is 593. The number of rotatable bonds is 4. The van der Waals surface area contributed by atoms with E-state index in [1.165, 1.54) is 0 Å². The molecule has 1 saturated heterocycles. The number of piperidine rings is 1.